The molecule has 1 aliphatic rings. The van der Waals surface area contributed by atoms with E-state index in [2.05, 4.69) is 14.9 Å². The molecular formula is C13H16N4O2. The second kappa shape index (κ2) is 4.62. The SMILES string of the molecule is CC(=O)c1c(C)nc2c(N3CCOCC3)nccn12. The van der Waals surface area contributed by atoms with Crippen LogP contribution >= 0.6 is 0 Å². The molecule has 0 N–H and O–H groups in total. The van der Waals surface area contributed by atoms with E-state index in [-0.39, 0.29) is 5.78 Å². The number of fused-ring (bicyclic) bond motifs is 1. The Balaban J connectivity index is 2.15. The number of carbonyl (C=O) groups is 1. The Hall–Kier alpha value is -1.95. The predicted octanol–water partition coefficient (Wildman–Crippen LogP) is 1.08. The largest absolute Gasteiger partial charge is 0.378 e. The lowest BCUT2D eigenvalue weighted by molar-refractivity contribution is 0.101. The highest BCUT2D eigenvalue weighted by atomic mass is 16.5. The fourth-order valence-corrected chi connectivity index (χ4v) is 2.50. The van der Waals surface area contributed by atoms with Crippen molar-refractivity contribution in [2.45, 2.75) is 13.8 Å². The summed E-state index contributed by atoms with van der Waals surface area (Å²) in [6.45, 7) is 6.41. The van der Waals surface area contributed by atoms with E-state index < -0.39 is 0 Å². The zero-order valence-electron chi connectivity index (χ0n) is 11.1. The van der Waals surface area contributed by atoms with E-state index in [1.807, 2.05) is 11.3 Å². The summed E-state index contributed by atoms with van der Waals surface area (Å²) in [6, 6.07) is 0. The van der Waals surface area contributed by atoms with E-state index >= 15 is 0 Å². The van der Waals surface area contributed by atoms with Gasteiger partial charge in [-0.1, -0.05) is 0 Å². The van der Waals surface area contributed by atoms with Gasteiger partial charge in [0.2, 0.25) is 0 Å². The van der Waals surface area contributed by atoms with Crippen LogP contribution in [0.1, 0.15) is 23.1 Å². The Labute approximate surface area is 111 Å². The zero-order chi connectivity index (χ0) is 13.4. The van der Waals surface area contributed by atoms with Crippen LogP contribution in [0.4, 0.5) is 5.82 Å². The summed E-state index contributed by atoms with van der Waals surface area (Å²) in [4.78, 5) is 22.8. The molecule has 0 bridgehead atoms. The van der Waals surface area contributed by atoms with Gasteiger partial charge in [-0.15, -0.1) is 0 Å². The van der Waals surface area contributed by atoms with Gasteiger partial charge >= 0.3 is 0 Å². The third-order valence-electron chi connectivity index (χ3n) is 3.34. The van der Waals surface area contributed by atoms with Crippen molar-refractivity contribution < 1.29 is 9.53 Å². The molecule has 2 aromatic heterocycles. The summed E-state index contributed by atoms with van der Waals surface area (Å²) in [6.07, 6.45) is 3.50. The second-order valence-electron chi connectivity index (χ2n) is 4.65. The molecule has 1 saturated heterocycles. The van der Waals surface area contributed by atoms with Crippen molar-refractivity contribution in [3.63, 3.8) is 0 Å². The second-order valence-corrected chi connectivity index (χ2v) is 4.65. The number of ether oxygens (including phenoxy) is 1. The number of anilines is 1. The molecule has 3 heterocycles. The van der Waals surface area contributed by atoms with Gasteiger partial charge in [-0.25, -0.2) is 9.97 Å². The smallest absolute Gasteiger partial charge is 0.181 e. The van der Waals surface area contributed by atoms with Crippen LogP contribution in [-0.2, 0) is 4.74 Å². The molecule has 0 radical (unpaired) electrons. The van der Waals surface area contributed by atoms with Gasteiger partial charge in [0, 0.05) is 32.4 Å². The summed E-state index contributed by atoms with van der Waals surface area (Å²) in [5.74, 6) is 0.838. The van der Waals surface area contributed by atoms with Crippen molar-refractivity contribution in [3.05, 3.63) is 23.8 Å². The predicted molar refractivity (Wildman–Crippen MR) is 70.8 cm³/mol. The molecule has 0 spiro atoms. The fraction of sp³-hybridized carbons (Fsp3) is 0.462. The van der Waals surface area contributed by atoms with Crippen LogP contribution in [0.3, 0.4) is 0 Å². The number of ketones is 1. The van der Waals surface area contributed by atoms with Crippen LogP contribution in [0.15, 0.2) is 12.4 Å². The minimum atomic E-state index is 0.0177. The standard InChI is InChI=1S/C13H16N4O2/c1-9-11(10(2)18)17-4-3-14-12(13(17)15-9)16-5-7-19-8-6-16/h3-4H,5-8H2,1-2H3. The molecule has 0 atom stereocenters. The van der Waals surface area contributed by atoms with E-state index in [9.17, 15) is 4.79 Å². The number of aromatic nitrogens is 3. The normalized spacial score (nSPS) is 16.0. The summed E-state index contributed by atoms with van der Waals surface area (Å²) >= 11 is 0. The summed E-state index contributed by atoms with van der Waals surface area (Å²) in [5.41, 5.74) is 2.12. The Morgan fingerprint density at radius 1 is 1.37 bits per heavy atom. The summed E-state index contributed by atoms with van der Waals surface area (Å²) in [5, 5.41) is 0. The lowest BCUT2D eigenvalue weighted by Crippen LogP contribution is -2.37. The first-order valence-corrected chi connectivity index (χ1v) is 6.36. The van der Waals surface area contributed by atoms with Crippen LogP contribution < -0.4 is 4.90 Å². The molecule has 0 amide bonds. The number of hydrogen-bond donors (Lipinski definition) is 0. The molecule has 0 aliphatic carbocycles. The van der Waals surface area contributed by atoms with Gasteiger partial charge in [-0.05, 0) is 6.92 Å². The molecule has 6 heteroatoms. The lowest BCUT2D eigenvalue weighted by atomic mass is 10.2. The number of nitrogens with zero attached hydrogens (tertiary/aromatic N) is 4. The number of morpholine rings is 1. The van der Waals surface area contributed by atoms with E-state index in [4.69, 9.17) is 4.74 Å². The Kier molecular flexibility index (Phi) is 2.94. The molecule has 19 heavy (non-hydrogen) atoms. The minimum Gasteiger partial charge on any atom is -0.378 e. The van der Waals surface area contributed by atoms with Crippen LogP contribution in [0, 0.1) is 6.92 Å². The molecule has 3 rings (SSSR count). The lowest BCUT2D eigenvalue weighted by Gasteiger charge is -2.27. The highest BCUT2D eigenvalue weighted by Gasteiger charge is 2.20. The van der Waals surface area contributed by atoms with Crippen LogP contribution in [0.25, 0.3) is 5.65 Å². The van der Waals surface area contributed by atoms with Crippen molar-refractivity contribution in [3.8, 4) is 0 Å². The number of carbonyl (C=O) groups excluding carboxylic acids is 1. The monoisotopic (exact) mass is 260 g/mol. The van der Waals surface area contributed by atoms with Crippen LogP contribution in [-0.4, -0.2) is 46.5 Å². The van der Waals surface area contributed by atoms with E-state index in [1.165, 1.54) is 0 Å². The number of imidazole rings is 1. The van der Waals surface area contributed by atoms with Gasteiger partial charge in [-0.2, -0.15) is 0 Å². The summed E-state index contributed by atoms with van der Waals surface area (Å²) in [7, 11) is 0. The summed E-state index contributed by atoms with van der Waals surface area (Å²) < 4.78 is 7.18. The van der Waals surface area contributed by atoms with Crippen molar-refractivity contribution >= 4 is 17.2 Å². The molecule has 1 fully saturated rings. The Morgan fingerprint density at radius 2 is 2.11 bits per heavy atom. The highest BCUT2D eigenvalue weighted by molar-refractivity contribution is 5.95. The Morgan fingerprint density at radius 3 is 2.79 bits per heavy atom. The van der Waals surface area contributed by atoms with Gasteiger partial charge < -0.3 is 9.64 Å². The molecule has 100 valence electrons. The van der Waals surface area contributed by atoms with Crippen molar-refractivity contribution in [2.75, 3.05) is 31.2 Å². The fourth-order valence-electron chi connectivity index (χ4n) is 2.50. The molecule has 1 aliphatic heterocycles. The van der Waals surface area contributed by atoms with Gasteiger partial charge in [-0.3, -0.25) is 9.20 Å². The molecule has 0 saturated carbocycles. The van der Waals surface area contributed by atoms with Gasteiger partial charge in [0.05, 0.1) is 18.9 Å². The molecule has 0 aromatic carbocycles. The van der Waals surface area contributed by atoms with Crippen LogP contribution in [0.2, 0.25) is 0 Å². The van der Waals surface area contributed by atoms with Crippen molar-refractivity contribution in [2.24, 2.45) is 0 Å². The molecule has 2 aromatic rings. The van der Waals surface area contributed by atoms with Crippen LogP contribution in [0.5, 0.6) is 0 Å². The number of rotatable bonds is 2. The van der Waals surface area contributed by atoms with Crippen molar-refractivity contribution in [1.29, 1.82) is 0 Å². The average Bonchev–Trinajstić information content (AvgIpc) is 2.75. The maximum Gasteiger partial charge on any atom is 0.181 e. The van der Waals surface area contributed by atoms with E-state index in [1.54, 1.807) is 19.3 Å². The third kappa shape index (κ3) is 1.98. The first-order valence-electron chi connectivity index (χ1n) is 6.36. The molecule has 0 unspecified atom stereocenters. The molecular weight excluding hydrogens is 244 g/mol. The molecule has 6 nitrogen and oxygen atoms in total. The maximum atomic E-state index is 11.7. The number of aryl methyl sites for hydroxylation is 1. The maximum absolute atomic E-state index is 11.7. The average molecular weight is 260 g/mol. The highest BCUT2D eigenvalue weighted by Crippen LogP contribution is 2.22. The first kappa shape index (κ1) is 12.1. The van der Waals surface area contributed by atoms with Gasteiger partial charge in [0.25, 0.3) is 0 Å². The Bertz CT molecular complexity index is 629. The van der Waals surface area contributed by atoms with Gasteiger partial charge in [0.15, 0.2) is 17.2 Å². The van der Waals surface area contributed by atoms with E-state index in [0.717, 1.165) is 30.2 Å². The quantitative estimate of drug-likeness (QED) is 0.756. The third-order valence-corrected chi connectivity index (χ3v) is 3.34. The number of Topliss-reactive ketones (excluding diaryl/α,β-unsaturated/α-hetero) is 1. The van der Waals surface area contributed by atoms with Crippen molar-refractivity contribution in [1.82, 2.24) is 14.4 Å². The zero-order valence-corrected chi connectivity index (χ0v) is 11.1. The first-order chi connectivity index (χ1) is 9.18. The topological polar surface area (TPSA) is 59.7 Å². The van der Waals surface area contributed by atoms with Gasteiger partial charge in [0.1, 0.15) is 5.69 Å². The number of hydrogen-bond acceptors (Lipinski definition) is 5. The van der Waals surface area contributed by atoms with E-state index in [0.29, 0.717) is 18.9 Å². The minimum absolute atomic E-state index is 0.0177.